The molecule has 3 rings (SSSR count). The van der Waals surface area contributed by atoms with Crippen LogP contribution < -0.4 is 10.5 Å². The molecule has 1 saturated carbocycles. The van der Waals surface area contributed by atoms with E-state index in [1.165, 1.54) is 0 Å². The molecule has 0 bridgehead atoms. The molecule has 5 heteroatoms. The Morgan fingerprint density at radius 3 is 2.68 bits per heavy atom. The van der Waals surface area contributed by atoms with E-state index in [1.54, 1.807) is 37.3 Å². The lowest BCUT2D eigenvalue weighted by Gasteiger charge is -2.18. The fraction of sp³-hybridized carbons (Fsp3) is 0.300. The third-order valence-corrected chi connectivity index (χ3v) is 4.65. The van der Waals surface area contributed by atoms with Crippen LogP contribution in [0.3, 0.4) is 0 Å². The van der Waals surface area contributed by atoms with Gasteiger partial charge in [0.05, 0.1) is 7.11 Å². The number of para-hydroxylation sites is 1. The zero-order valence-electron chi connectivity index (χ0n) is 14.4. The van der Waals surface area contributed by atoms with Crippen LogP contribution in [-0.4, -0.2) is 30.9 Å². The van der Waals surface area contributed by atoms with Crippen molar-refractivity contribution in [2.24, 2.45) is 11.7 Å². The van der Waals surface area contributed by atoms with Gasteiger partial charge in [0.15, 0.2) is 0 Å². The molecular formula is C20H22N2O3. The molecule has 0 radical (unpaired) electrons. The summed E-state index contributed by atoms with van der Waals surface area (Å²) in [5.74, 6) is 0.679. The lowest BCUT2D eigenvalue weighted by molar-refractivity contribution is -0.131. The maximum Gasteiger partial charge on any atom is 0.248 e. The standard InChI is InChI=1S/C20H22N2O3/c1-22(12-13-6-5-7-14(10-13)19(21)23)20(24)17-11-16(17)15-8-3-4-9-18(15)25-2/h3-10,16-17H,11-12H2,1-2H3,(H2,21,23)/t16-,17-/m1/s1. The van der Waals surface area contributed by atoms with Gasteiger partial charge in [-0.3, -0.25) is 9.59 Å². The second kappa shape index (κ2) is 6.97. The van der Waals surface area contributed by atoms with Crippen molar-refractivity contribution >= 4 is 11.8 Å². The minimum Gasteiger partial charge on any atom is -0.496 e. The molecule has 25 heavy (non-hydrogen) atoms. The third kappa shape index (κ3) is 3.65. The predicted molar refractivity (Wildman–Crippen MR) is 95.3 cm³/mol. The van der Waals surface area contributed by atoms with Crippen LogP contribution in [0, 0.1) is 5.92 Å². The maximum absolute atomic E-state index is 12.7. The Labute approximate surface area is 147 Å². The van der Waals surface area contributed by atoms with Crippen molar-refractivity contribution in [2.75, 3.05) is 14.2 Å². The van der Waals surface area contributed by atoms with E-state index in [0.29, 0.717) is 12.1 Å². The Morgan fingerprint density at radius 1 is 1.20 bits per heavy atom. The molecule has 0 aromatic heterocycles. The molecule has 1 aliphatic carbocycles. The number of amides is 2. The zero-order valence-corrected chi connectivity index (χ0v) is 14.4. The summed E-state index contributed by atoms with van der Waals surface area (Å²) in [5.41, 5.74) is 7.75. The first-order valence-electron chi connectivity index (χ1n) is 8.28. The van der Waals surface area contributed by atoms with E-state index in [0.717, 1.165) is 23.3 Å². The first-order valence-corrected chi connectivity index (χ1v) is 8.28. The molecule has 1 aliphatic rings. The Bertz CT molecular complexity index is 803. The summed E-state index contributed by atoms with van der Waals surface area (Å²) in [7, 11) is 3.44. The Kier molecular flexibility index (Phi) is 4.74. The summed E-state index contributed by atoms with van der Waals surface area (Å²) in [6.07, 6.45) is 0.838. The van der Waals surface area contributed by atoms with Gasteiger partial charge in [0, 0.05) is 25.1 Å². The number of carbonyl (C=O) groups is 2. The van der Waals surface area contributed by atoms with Crippen molar-refractivity contribution in [3.63, 3.8) is 0 Å². The van der Waals surface area contributed by atoms with Crippen molar-refractivity contribution in [3.05, 3.63) is 65.2 Å². The molecule has 2 aromatic carbocycles. The minimum absolute atomic E-state index is 0.0133. The number of hydrogen-bond donors (Lipinski definition) is 1. The number of carbonyl (C=O) groups excluding carboxylic acids is 2. The summed E-state index contributed by atoms with van der Waals surface area (Å²) in [4.78, 5) is 25.7. The Hall–Kier alpha value is -2.82. The van der Waals surface area contributed by atoms with E-state index in [9.17, 15) is 9.59 Å². The molecule has 2 atom stereocenters. The minimum atomic E-state index is -0.464. The third-order valence-electron chi connectivity index (χ3n) is 4.65. The van der Waals surface area contributed by atoms with Crippen LogP contribution in [0.25, 0.3) is 0 Å². The summed E-state index contributed by atoms with van der Waals surface area (Å²) >= 11 is 0. The lowest BCUT2D eigenvalue weighted by atomic mass is 10.1. The van der Waals surface area contributed by atoms with E-state index in [-0.39, 0.29) is 17.7 Å². The highest BCUT2D eigenvalue weighted by molar-refractivity contribution is 5.92. The number of nitrogens with zero attached hydrogens (tertiary/aromatic N) is 1. The van der Waals surface area contributed by atoms with Gasteiger partial charge in [0.25, 0.3) is 0 Å². The highest BCUT2D eigenvalue weighted by Crippen LogP contribution is 2.51. The normalized spacial score (nSPS) is 18.5. The maximum atomic E-state index is 12.7. The molecule has 5 nitrogen and oxygen atoms in total. The number of hydrogen-bond acceptors (Lipinski definition) is 3. The van der Waals surface area contributed by atoms with Crippen molar-refractivity contribution in [1.29, 1.82) is 0 Å². The van der Waals surface area contributed by atoms with Crippen LogP contribution in [0.5, 0.6) is 5.75 Å². The van der Waals surface area contributed by atoms with Crippen molar-refractivity contribution < 1.29 is 14.3 Å². The Morgan fingerprint density at radius 2 is 1.96 bits per heavy atom. The quantitative estimate of drug-likeness (QED) is 0.880. The van der Waals surface area contributed by atoms with Gasteiger partial charge >= 0.3 is 0 Å². The van der Waals surface area contributed by atoms with E-state index < -0.39 is 5.91 Å². The molecule has 130 valence electrons. The smallest absolute Gasteiger partial charge is 0.248 e. The summed E-state index contributed by atoms with van der Waals surface area (Å²) < 4.78 is 5.40. The van der Waals surface area contributed by atoms with Crippen molar-refractivity contribution in [3.8, 4) is 5.75 Å². The molecule has 0 unspecified atom stereocenters. The van der Waals surface area contributed by atoms with Gasteiger partial charge in [-0.05, 0) is 41.7 Å². The van der Waals surface area contributed by atoms with Gasteiger partial charge in [-0.15, -0.1) is 0 Å². The lowest BCUT2D eigenvalue weighted by Crippen LogP contribution is -2.28. The fourth-order valence-electron chi connectivity index (χ4n) is 3.24. The number of ether oxygens (including phenoxy) is 1. The van der Waals surface area contributed by atoms with Crippen LogP contribution in [0.15, 0.2) is 48.5 Å². The van der Waals surface area contributed by atoms with Crippen molar-refractivity contribution in [1.82, 2.24) is 4.90 Å². The van der Waals surface area contributed by atoms with Crippen LogP contribution in [0.1, 0.15) is 33.8 Å². The van der Waals surface area contributed by atoms with E-state index in [1.807, 2.05) is 30.3 Å². The van der Waals surface area contributed by atoms with Crippen LogP contribution >= 0.6 is 0 Å². The summed E-state index contributed by atoms with van der Waals surface area (Å²) in [6, 6.07) is 14.9. The summed E-state index contributed by atoms with van der Waals surface area (Å²) in [6.45, 7) is 0.453. The number of benzene rings is 2. The second-order valence-electron chi connectivity index (χ2n) is 6.45. The molecule has 2 aromatic rings. The zero-order chi connectivity index (χ0) is 18.0. The van der Waals surface area contributed by atoms with Crippen LogP contribution in [0.4, 0.5) is 0 Å². The highest BCUT2D eigenvalue weighted by Gasteiger charge is 2.46. The molecular weight excluding hydrogens is 316 g/mol. The molecule has 2 N–H and O–H groups in total. The number of methoxy groups -OCH3 is 1. The number of rotatable bonds is 6. The van der Waals surface area contributed by atoms with Gasteiger partial charge < -0.3 is 15.4 Å². The van der Waals surface area contributed by atoms with E-state index in [2.05, 4.69) is 0 Å². The van der Waals surface area contributed by atoms with Crippen LogP contribution in [0.2, 0.25) is 0 Å². The first kappa shape index (κ1) is 17.0. The van der Waals surface area contributed by atoms with Gasteiger partial charge in [-0.1, -0.05) is 30.3 Å². The average molecular weight is 338 g/mol. The topological polar surface area (TPSA) is 72.6 Å². The molecule has 1 fully saturated rings. The van der Waals surface area contributed by atoms with Gasteiger partial charge in [-0.25, -0.2) is 0 Å². The first-order chi connectivity index (χ1) is 12.0. The second-order valence-corrected chi connectivity index (χ2v) is 6.45. The van der Waals surface area contributed by atoms with Crippen molar-refractivity contribution in [2.45, 2.75) is 18.9 Å². The number of nitrogens with two attached hydrogens (primary N) is 1. The molecule has 0 heterocycles. The summed E-state index contributed by atoms with van der Waals surface area (Å²) in [5, 5.41) is 0. The molecule has 0 aliphatic heterocycles. The molecule has 2 amide bonds. The van der Waals surface area contributed by atoms with E-state index in [4.69, 9.17) is 10.5 Å². The van der Waals surface area contributed by atoms with Gasteiger partial charge in [-0.2, -0.15) is 0 Å². The fourth-order valence-corrected chi connectivity index (χ4v) is 3.24. The number of primary amides is 1. The van der Waals surface area contributed by atoms with Gasteiger partial charge in [0.2, 0.25) is 11.8 Å². The van der Waals surface area contributed by atoms with E-state index >= 15 is 0 Å². The van der Waals surface area contributed by atoms with Crippen LogP contribution in [-0.2, 0) is 11.3 Å². The van der Waals surface area contributed by atoms with Gasteiger partial charge in [0.1, 0.15) is 5.75 Å². The molecule has 0 spiro atoms. The molecule has 0 saturated heterocycles. The highest BCUT2D eigenvalue weighted by atomic mass is 16.5. The average Bonchev–Trinajstić information content (AvgIpc) is 3.41. The Balaban J connectivity index is 1.66. The monoisotopic (exact) mass is 338 g/mol. The predicted octanol–water partition coefficient (Wildman–Crippen LogP) is 2.56. The largest absolute Gasteiger partial charge is 0.496 e. The SMILES string of the molecule is COc1ccccc1[C@H]1C[C@H]1C(=O)N(C)Cc1cccc(C(N)=O)c1.